The average Bonchev–Trinajstić information content (AvgIpc) is 2.67. The van der Waals surface area contributed by atoms with Crippen molar-refractivity contribution in [1.82, 2.24) is 10.2 Å². The monoisotopic (exact) mass is 396 g/mol. The maximum atomic E-state index is 12.2. The maximum absolute atomic E-state index is 12.2. The average molecular weight is 397 g/mol. The number of rotatable bonds is 12. The third kappa shape index (κ3) is 8.73. The van der Waals surface area contributed by atoms with Gasteiger partial charge < -0.3 is 15.0 Å². The Hall–Kier alpha value is -0.950. The van der Waals surface area contributed by atoms with Crippen molar-refractivity contribution in [2.75, 3.05) is 39.3 Å². The lowest BCUT2D eigenvalue weighted by molar-refractivity contribution is 0.0808. The molecule has 1 fully saturated rings. The molecule has 1 aliphatic rings. The highest BCUT2D eigenvalue weighted by molar-refractivity contribution is 7.80. The van der Waals surface area contributed by atoms with E-state index in [2.05, 4.69) is 31.0 Å². The van der Waals surface area contributed by atoms with Gasteiger partial charge in [0.05, 0.1) is 11.5 Å². The van der Waals surface area contributed by atoms with Gasteiger partial charge in [-0.05, 0) is 51.0 Å². The smallest absolute Gasteiger partial charge is 0.189 e. The summed E-state index contributed by atoms with van der Waals surface area (Å²) >= 11 is -1.40. The first kappa shape index (κ1) is 22.3. The van der Waals surface area contributed by atoms with Crippen LogP contribution in [0.25, 0.3) is 0 Å². The summed E-state index contributed by atoms with van der Waals surface area (Å²) in [7, 11) is 0. The standard InChI is InChI=1S/C21H36N2O3S/c1-4-5-6-7-18-25-27(24)20-10-8-19(9-11-20)26-21(2,3)12-15-23-16-13-22-14-17-23/h8-11,22H,4-7,12-18H2,1-3H3. The van der Waals surface area contributed by atoms with Crippen LogP contribution in [0, 0.1) is 0 Å². The fraction of sp³-hybridized carbons (Fsp3) is 0.714. The van der Waals surface area contributed by atoms with Crippen molar-refractivity contribution in [2.24, 2.45) is 0 Å². The number of nitrogens with zero attached hydrogens (tertiary/aromatic N) is 1. The summed E-state index contributed by atoms with van der Waals surface area (Å²) in [4.78, 5) is 3.17. The molecule has 1 N–H and O–H groups in total. The van der Waals surface area contributed by atoms with Crippen molar-refractivity contribution in [3.8, 4) is 5.75 Å². The molecule has 1 aliphatic heterocycles. The van der Waals surface area contributed by atoms with Crippen molar-refractivity contribution in [2.45, 2.75) is 63.4 Å². The fourth-order valence-electron chi connectivity index (χ4n) is 3.08. The molecule has 5 nitrogen and oxygen atoms in total. The number of benzene rings is 1. The Labute approximate surface area is 167 Å². The number of ether oxygens (including phenoxy) is 1. The van der Waals surface area contributed by atoms with Crippen molar-refractivity contribution in [3.05, 3.63) is 24.3 Å². The van der Waals surface area contributed by atoms with Gasteiger partial charge in [0.2, 0.25) is 0 Å². The van der Waals surface area contributed by atoms with Crippen molar-refractivity contribution < 1.29 is 13.1 Å². The van der Waals surface area contributed by atoms with Crippen LogP contribution in [0.3, 0.4) is 0 Å². The van der Waals surface area contributed by atoms with Crippen molar-refractivity contribution in [3.63, 3.8) is 0 Å². The number of hydrogen-bond acceptors (Lipinski definition) is 5. The maximum Gasteiger partial charge on any atom is 0.189 e. The lowest BCUT2D eigenvalue weighted by Gasteiger charge is -2.32. The van der Waals surface area contributed by atoms with E-state index in [1.165, 1.54) is 12.8 Å². The van der Waals surface area contributed by atoms with E-state index >= 15 is 0 Å². The Morgan fingerprint density at radius 1 is 1.11 bits per heavy atom. The van der Waals surface area contributed by atoms with Crippen LogP contribution in [-0.2, 0) is 15.3 Å². The zero-order valence-electron chi connectivity index (χ0n) is 17.2. The molecule has 0 spiro atoms. The summed E-state index contributed by atoms with van der Waals surface area (Å²) in [6.45, 7) is 12.4. The summed E-state index contributed by atoms with van der Waals surface area (Å²) in [5.74, 6) is 0.809. The van der Waals surface area contributed by atoms with E-state index < -0.39 is 11.1 Å². The molecule has 0 amide bonds. The molecule has 0 radical (unpaired) electrons. The van der Waals surface area contributed by atoms with Crippen LogP contribution >= 0.6 is 0 Å². The Bertz CT molecular complexity index is 557. The van der Waals surface area contributed by atoms with Gasteiger partial charge in [-0.2, -0.15) is 0 Å². The minimum atomic E-state index is -1.40. The predicted molar refractivity (Wildman–Crippen MR) is 112 cm³/mol. The van der Waals surface area contributed by atoms with Gasteiger partial charge >= 0.3 is 0 Å². The fourth-order valence-corrected chi connectivity index (χ4v) is 3.85. The quantitative estimate of drug-likeness (QED) is 0.545. The van der Waals surface area contributed by atoms with Crippen molar-refractivity contribution in [1.29, 1.82) is 0 Å². The van der Waals surface area contributed by atoms with Gasteiger partial charge in [-0.1, -0.05) is 26.2 Å². The van der Waals surface area contributed by atoms with Gasteiger partial charge in [-0.25, -0.2) is 4.21 Å². The van der Waals surface area contributed by atoms with Crippen LogP contribution in [0.1, 0.15) is 52.9 Å². The van der Waals surface area contributed by atoms with Gasteiger partial charge in [0.1, 0.15) is 11.4 Å². The van der Waals surface area contributed by atoms with E-state index in [-0.39, 0.29) is 5.60 Å². The first-order valence-electron chi connectivity index (χ1n) is 10.3. The minimum absolute atomic E-state index is 0.235. The third-order valence-electron chi connectivity index (χ3n) is 4.84. The Balaban J connectivity index is 1.75. The molecule has 1 saturated heterocycles. The first-order valence-corrected chi connectivity index (χ1v) is 11.3. The predicted octanol–water partition coefficient (Wildman–Crippen LogP) is 3.76. The molecule has 1 unspecified atom stereocenters. The SMILES string of the molecule is CCCCCCOS(=O)c1ccc(OC(C)(C)CCN2CCNCC2)cc1. The van der Waals surface area contributed by atoms with E-state index in [1.807, 2.05) is 24.3 Å². The highest BCUT2D eigenvalue weighted by Gasteiger charge is 2.22. The zero-order valence-corrected chi connectivity index (χ0v) is 18.0. The second-order valence-corrected chi connectivity index (χ2v) is 8.97. The van der Waals surface area contributed by atoms with E-state index in [0.717, 1.165) is 57.7 Å². The van der Waals surface area contributed by atoms with E-state index in [0.29, 0.717) is 11.5 Å². The molecule has 27 heavy (non-hydrogen) atoms. The molecule has 6 heteroatoms. The normalized spacial score (nSPS) is 17.0. The number of nitrogens with one attached hydrogen (secondary N) is 1. The van der Waals surface area contributed by atoms with Gasteiger partial charge in [-0.3, -0.25) is 4.18 Å². The first-order chi connectivity index (χ1) is 13.0. The number of hydrogen-bond donors (Lipinski definition) is 1. The minimum Gasteiger partial charge on any atom is -0.488 e. The summed E-state index contributed by atoms with van der Waals surface area (Å²) in [5.41, 5.74) is -0.235. The van der Waals surface area contributed by atoms with Gasteiger partial charge in [0, 0.05) is 32.7 Å². The number of piperazine rings is 1. The van der Waals surface area contributed by atoms with Crippen LogP contribution in [0.2, 0.25) is 0 Å². The molecule has 0 aromatic heterocycles. The molecule has 1 aromatic carbocycles. The van der Waals surface area contributed by atoms with Crippen molar-refractivity contribution >= 4 is 11.1 Å². The lowest BCUT2D eigenvalue weighted by atomic mass is 10.0. The largest absolute Gasteiger partial charge is 0.488 e. The van der Waals surface area contributed by atoms with Gasteiger partial charge in [-0.15, -0.1) is 0 Å². The Morgan fingerprint density at radius 3 is 2.48 bits per heavy atom. The number of unbranched alkanes of at least 4 members (excludes halogenated alkanes) is 3. The third-order valence-corrected chi connectivity index (χ3v) is 5.88. The van der Waals surface area contributed by atoms with E-state index in [4.69, 9.17) is 8.92 Å². The second kappa shape index (κ2) is 11.8. The van der Waals surface area contributed by atoms with Crippen LogP contribution in [0.4, 0.5) is 0 Å². The molecular weight excluding hydrogens is 360 g/mol. The highest BCUT2D eigenvalue weighted by atomic mass is 32.2. The summed E-state index contributed by atoms with van der Waals surface area (Å²) < 4.78 is 23.8. The molecule has 154 valence electrons. The van der Waals surface area contributed by atoms with Gasteiger partial charge in [0.15, 0.2) is 11.1 Å². The summed E-state index contributed by atoms with van der Waals surface area (Å²) in [6, 6.07) is 7.45. The molecule has 1 atom stereocenters. The zero-order chi connectivity index (χ0) is 19.5. The van der Waals surface area contributed by atoms with Crippen LogP contribution in [0.15, 0.2) is 29.2 Å². The molecule has 0 saturated carbocycles. The summed E-state index contributed by atoms with van der Waals surface area (Å²) in [5, 5.41) is 3.38. The highest BCUT2D eigenvalue weighted by Crippen LogP contribution is 2.23. The summed E-state index contributed by atoms with van der Waals surface area (Å²) in [6.07, 6.45) is 5.45. The van der Waals surface area contributed by atoms with E-state index in [9.17, 15) is 4.21 Å². The van der Waals surface area contributed by atoms with Crippen LogP contribution in [-0.4, -0.2) is 54.0 Å². The van der Waals surface area contributed by atoms with Crippen LogP contribution < -0.4 is 10.1 Å². The van der Waals surface area contributed by atoms with Crippen LogP contribution in [0.5, 0.6) is 5.75 Å². The lowest BCUT2D eigenvalue weighted by Crippen LogP contribution is -2.45. The Morgan fingerprint density at radius 2 is 1.81 bits per heavy atom. The molecule has 0 aliphatic carbocycles. The second-order valence-electron chi connectivity index (χ2n) is 7.79. The molecule has 1 heterocycles. The molecular formula is C21H36N2O3S. The molecule has 2 rings (SSSR count). The molecule has 0 bridgehead atoms. The van der Waals surface area contributed by atoms with Gasteiger partial charge in [0.25, 0.3) is 0 Å². The molecule has 1 aromatic rings. The topological polar surface area (TPSA) is 50.8 Å². The Kier molecular flexibility index (Phi) is 9.76. The van der Waals surface area contributed by atoms with E-state index in [1.54, 1.807) is 0 Å².